The Bertz CT molecular complexity index is 199. The van der Waals surface area contributed by atoms with Crippen molar-refractivity contribution in [3.05, 3.63) is 0 Å². The maximum atomic E-state index is 9.45. The van der Waals surface area contributed by atoms with Crippen molar-refractivity contribution in [1.82, 2.24) is 0 Å². The summed E-state index contributed by atoms with van der Waals surface area (Å²) < 4.78 is 6.04. The van der Waals surface area contributed by atoms with Crippen molar-refractivity contribution < 1.29 is 14.6 Å². The van der Waals surface area contributed by atoms with E-state index in [4.69, 9.17) is 9.53 Å². The average molecular weight is 262 g/mol. The number of aliphatic hydroxyl groups is 2. The van der Waals surface area contributed by atoms with Gasteiger partial charge in [0.15, 0.2) is 8.32 Å². The smallest absolute Gasteiger partial charge is 0.191 e. The van der Waals surface area contributed by atoms with Crippen LogP contribution in [-0.2, 0) is 4.43 Å². The highest BCUT2D eigenvalue weighted by molar-refractivity contribution is 6.74. The minimum absolute atomic E-state index is 0.0711. The number of hydrogen-bond donors (Lipinski definition) is 2. The fourth-order valence-corrected chi connectivity index (χ4v) is 2.41. The Morgan fingerprint density at radius 3 is 2.18 bits per heavy atom. The third-order valence-electron chi connectivity index (χ3n) is 3.66. The van der Waals surface area contributed by atoms with Crippen LogP contribution in [0.25, 0.3) is 0 Å². The van der Waals surface area contributed by atoms with E-state index in [1.165, 1.54) is 0 Å². The molecule has 0 aromatic heterocycles. The summed E-state index contributed by atoms with van der Waals surface area (Å²) in [7, 11) is -1.60. The summed E-state index contributed by atoms with van der Waals surface area (Å²) in [5.74, 6) is 0. The molecule has 4 heteroatoms. The highest BCUT2D eigenvalue weighted by Gasteiger charge is 2.36. The lowest BCUT2D eigenvalue weighted by Gasteiger charge is -2.36. The molecule has 104 valence electrons. The number of aliphatic hydroxyl groups excluding tert-OH is 2. The molecular weight excluding hydrogens is 232 g/mol. The summed E-state index contributed by atoms with van der Waals surface area (Å²) in [5, 5.41) is 18.4. The van der Waals surface area contributed by atoms with Crippen LogP contribution in [0.3, 0.4) is 0 Å². The molecule has 3 nitrogen and oxygen atoms in total. The Labute approximate surface area is 107 Å². The lowest BCUT2D eigenvalue weighted by Crippen LogP contribution is -2.40. The molecule has 0 heterocycles. The standard InChI is InChI=1S/C13H30O3Si/c1-13(2,3)17(4,5)16-11-7-6-8-12(15)9-10-14/h12,14-15H,6-11H2,1-5H3/t12-/m1/s1. The van der Waals surface area contributed by atoms with Gasteiger partial charge < -0.3 is 14.6 Å². The van der Waals surface area contributed by atoms with E-state index in [9.17, 15) is 5.11 Å². The summed E-state index contributed by atoms with van der Waals surface area (Å²) >= 11 is 0. The largest absolute Gasteiger partial charge is 0.417 e. The molecule has 0 aliphatic heterocycles. The molecule has 0 aromatic rings. The van der Waals surface area contributed by atoms with Crippen LogP contribution in [0, 0.1) is 0 Å². The Morgan fingerprint density at radius 1 is 1.12 bits per heavy atom. The monoisotopic (exact) mass is 262 g/mol. The Hall–Kier alpha value is 0.0969. The zero-order chi connectivity index (χ0) is 13.5. The van der Waals surface area contributed by atoms with Gasteiger partial charge in [0.25, 0.3) is 0 Å². The van der Waals surface area contributed by atoms with E-state index < -0.39 is 8.32 Å². The van der Waals surface area contributed by atoms with E-state index in [0.717, 1.165) is 25.9 Å². The summed E-state index contributed by atoms with van der Waals surface area (Å²) in [5.41, 5.74) is 0. The zero-order valence-corrected chi connectivity index (χ0v) is 13.1. The lowest BCUT2D eigenvalue weighted by molar-refractivity contribution is 0.120. The molecule has 0 saturated carbocycles. The molecule has 0 rings (SSSR count). The van der Waals surface area contributed by atoms with E-state index in [2.05, 4.69) is 33.9 Å². The first-order valence-corrected chi connectivity index (χ1v) is 9.54. The van der Waals surface area contributed by atoms with Gasteiger partial charge in [-0.3, -0.25) is 0 Å². The van der Waals surface area contributed by atoms with E-state index in [-0.39, 0.29) is 17.7 Å². The van der Waals surface area contributed by atoms with Gasteiger partial charge in [-0.05, 0) is 43.8 Å². The highest BCUT2D eigenvalue weighted by atomic mass is 28.4. The molecule has 0 aliphatic rings. The van der Waals surface area contributed by atoms with Gasteiger partial charge in [0, 0.05) is 13.2 Å². The van der Waals surface area contributed by atoms with E-state index >= 15 is 0 Å². The van der Waals surface area contributed by atoms with Gasteiger partial charge in [0.2, 0.25) is 0 Å². The van der Waals surface area contributed by atoms with Gasteiger partial charge >= 0.3 is 0 Å². The first kappa shape index (κ1) is 17.1. The van der Waals surface area contributed by atoms with Crippen molar-refractivity contribution in [2.45, 2.75) is 70.7 Å². The first-order chi connectivity index (χ1) is 7.70. The van der Waals surface area contributed by atoms with Gasteiger partial charge in [-0.15, -0.1) is 0 Å². The van der Waals surface area contributed by atoms with Gasteiger partial charge in [0.05, 0.1) is 6.10 Å². The Morgan fingerprint density at radius 2 is 1.71 bits per heavy atom. The topological polar surface area (TPSA) is 49.7 Å². The van der Waals surface area contributed by atoms with Gasteiger partial charge in [-0.2, -0.15) is 0 Å². The molecule has 0 aromatic carbocycles. The summed E-state index contributed by atoms with van der Waals surface area (Å²) in [6, 6.07) is 0. The molecule has 0 saturated heterocycles. The summed E-state index contributed by atoms with van der Waals surface area (Å²) in [6.45, 7) is 12.1. The third kappa shape index (κ3) is 7.19. The molecule has 0 spiro atoms. The van der Waals surface area contributed by atoms with Crippen molar-refractivity contribution in [3.8, 4) is 0 Å². The van der Waals surface area contributed by atoms with Crippen LogP contribution in [0.4, 0.5) is 0 Å². The van der Waals surface area contributed by atoms with Gasteiger partial charge in [-0.1, -0.05) is 20.8 Å². The second-order valence-corrected chi connectivity index (χ2v) is 11.1. The van der Waals surface area contributed by atoms with Crippen molar-refractivity contribution in [2.75, 3.05) is 13.2 Å². The van der Waals surface area contributed by atoms with E-state index in [0.29, 0.717) is 6.42 Å². The van der Waals surface area contributed by atoms with E-state index in [1.54, 1.807) is 0 Å². The minimum Gasteiger partial charge on any atom is -0.417 e. The van der Waals surface area contributed by atoms with Crippen LogP contribution < -0.4 is 0 Å². The lowest BCUT2D eigenvalue weighted by atomic mass is 10.1. The molecule has 0 radical (unpaired) electrons. The third-order valence-corrected chi connectivity index (χ3v) is 8.20. The Balaban J connectivity index is 3.65. The molecule has 1 atom stereocenters. The van der Waals surface area contributed by atoms with Crippen LogP contribution in [-0.4, -0.2) is 37.8 Å². The molecule has 0 unspecified atom stereocenters. The molecule has 2 N–H and O–H groups in total. The highest BCUT2D eigenvalue weighted by Crippen LogP contribution is 2.36. The number of hydrogen-bond acceptors (Lipinski definition) is 3. The molecule has 0 fully saturated rings. The zero-order valence-electron chi connectivity index (χ0n) is 12.1. The molecular formula is C13H30O3Si. The predicted molar refractivity (Wildman–Crippen MR) is 74.7 cm³/mol. The van der Waals surface area contributed by atoms with Crippen LogP contribution in [0.5, 0.6) is 0 Å². The summed E-state index contributed by atoms with van der Waals surface area (Å²) in [6.07, 6.45) is 2.86. The van der Waals surface area contributed by atoms with Crippen LogP contribution >= 0.6 is 0 Å². The molecule has 0 amide bonds. The van der Waals surface area contributed by atoms with Gasteiger partial charge in [0.1, 0.15) is 0 Å². The van der Waals surface area contributed by atoms with Crippen molar-refractivity contribution in [1.29, 1.82) is 0 Å². The maximum Gasteiger partial charge on any atom is 0.191 e. The average Bonchev–Trinajstić information content (AvgIpc) is 2.15. The fraction of sp³-hybridized carbons (Fsp3) is 1.00. The molecule has 0 bridgehead atoms. The normalized spacial score (nSPS) is 15.0. The van der Waals surface area contributed by atoms with Crippen LogP contribution in [0.15, 0.2) is 0 Å². The molecule has 0 aliphatic carbocycles. The SMILES string of the molecule is CC(C)(C)[Si](C)(C)OCCCC[C@@H](O)CCO. The van der Waals surface area contributed by atoms with Crippen LogP contribution in [0.2, 0.25) is 18.1 Å². The molecule has 17 heavy (non-hydrogen) atoms. The minimum atomic E-state index is -1.60. The Kier molecular flexibility index (Phi) is 7.56. The maximum absolute atomic E-state index is 9.45. The second kappa shape index (κ2) is 7.51. The summed E-state index contributed by atoms with van der Waals surface area (Å²) in [4.78, 5) is 0. The second-order valence-electron chi connectivity index (χ2n) is 6.27. The van der Waals surface area contributed by atoms with Crippen molar-refractivity contribution in [3.63, 3.8) is 0 Å². The van der Waals surface area contributed by atoms with Gasteiger partial charge in [-0.25, -0.2) is 0 Å². The quantitative estimate of drug-likeness (QED) is 0.522. The first-order valence-electron chi connectivity index (χ1n) is 6.63. The van der Waals surface area contributed by atoms with Crippen molar-refractivity contribution in [2.24, 2.45) is 0 Å². The number of unbranched alkanes of at least 4 members (excludes halogenated alkanes) is 1. The van der Waals surface area contributed by atoms with Crippen molar-refractivity contribution >= 4 is 8.32 Å². The van der Waals surface area contributed by atoms with Crippen LogP contribution in [0.1, 0.15) is 46.5 Å². The fourth-order valence-electron chi connectivity index (χ4n) is 1.32. The predicted octanol–water partition coefficient (Wildman–Crippen LogP) is 2.92. The van der Waals surface area contributed by atoms with E-state index in [1.807, 2.05) is 0 Å². The number of rotatable bonds is 8.